The van der Waals surface area contributed by atoms with Crippen LogP contribution in [0.2, 0.25) is 0 Å². The molecule has 0 aromatic carbocycles. The maximum Gasteiger partial charge on any atom is 0.223 e. The minimum Gasteiger partial charge on any atom is -0.316 e. The molecule has 9 heavy (non-hydrogen) atoms. The minimum atomic E-state index is -0.0279. The number of rotatable bonds is 2. The van der Waals surface area contributed by atoms with Gasteiger partial charge in [0.05, 0.1) is 0 Å². The van der Waals surface area contributed by atoms with Gasteiger partial charge in [0.15, 0.2) is 0 Å². The number of carbonyl (C=O) groups is 1. The molecular weight excluding hydrogens is 114 g/mol. The fourth-order valence-corrected chi connectivity index (χ4v) is 0.339. The summed E-state index contributed by atoms with van der Waals surface area (Å²) in [6.07, 6.45) is 1.54. The van der Waals surface area contributed by atoms with Crippen LogP contribution in [0.3, 0.4) is 0 Å². The van der Waals surface area contributed by atoms with Crippen molar-refractivity contribution in [2.24, 2.45) is 0 Å². The van der Waals surface area contributed by atoms with Crippen molar-refractivity contribution in [1.29, 1.82) is 0 Å². The lowest BCUT2D eigenvalue weighted by molar-refractivity contribution is -0.125. The van der Waals surface area contributed by atoms with Crippen LogP contribution in [0.25, 0.3) is 0 Å². The third kappa shape index (κ3) is 2.13. The molecular formula is C7H11NO. The van der Waals surface area contributed by atoms with E-state index in [4.69, 9.17) is 0 Å². The van der Waals surface area contributed by atoms with Gasteiger partial charge in [0.25, 0.3) is 0 Å². The standard InChI is InChI=1S/C7H11NO/c1-5-6(2)8(4)7(3)9/h5H,1-2H2,3-4H3. The predicted octanol–water partition coefficient (Wildman–Crippen LogP) is 1.16. The zero-order chi connectivity index (χ0) is 7.44. The average molecular weight is 125 g/mol. The number of nitrogens with zero attached hydrogens (tertiary/aromatic N) is 1. The van der Waals surface area contributed by atoms with Gasteiger partial charge >= 0.3 is 0 Å². The van der Waals surface area contributed by atoms with E-state index in [0.717, 1.165) is 0 Å². The summed E-state index contributed by atoms with van der Waals surface area (Å²) in [6.45, 7) is 8.53. The molecule has 0 unspecified atom stereocenters. The van der Waals surface area contributed by atoms with Crippen LogP contribution in [0, 0.1) is 0 Å². The maximum atomic E-state index is 10.6. The van der Waals surface area contributed by atoms with E-state index < -0.39 is 0 Å². The second-order valence-corrected chi connectivity index (χ2v) is 1.77. The van der Waals surface area contributed by atoms with Crippen LogP contribution in [-0.2, 0) is 4.79 Å². The Hall–Kier alpha value is -1.05. The van der Waals surface area contributed by atoms with E-state index in [0.29, 0.717) is 5.70 Å². The molecule has 0 aromatic heterocycles. The molecule has 2 nitrogen and oxygen atoms in total. The van der Waals surface area contributed by atoms with Crippen LogP contribution in [0.5, 0.6) is 0 Å². The zero-order valence-electron chi connectivity index (χ0n) is 5.85. The van der Waals surface area contributed by atoms with Gasteiger partial charge in [-0.1, -0.05) is 13.2 Å². The minimum absolute atomic E-state index is 0.0279. The van der Waals surface area contributed by atoms with Crippen molar-refractivity contribution in [3.8, 4) is 0 Å². The first-order valence-electron chi connectivity index (χ1n) is 2.65. The maximum absolute atomic E-state index is 10.6. The molecule has 0 saturated heterocycles. The number of amides is 1. The van der Waals surface area contributed by atoms with Crippen molar-refractivity contribution in [2.45, 2.75) is 6.92 Å². The summed E-state index contributed by atoms with van der Waals surface area (Å²) in [5.41, 5.74) is 0.627. The van der Waals surface area contributed by atoms with Crippen LogP contribution in [0.4, 0.5) is 0 Å². The summed E-state index contributed by atoms with van der Waals surface area (Å²) >= 11 is 0. The molecule has 0 aliphatic heterocycles. The highest BCUT2D eigenvalue weighted by molar-refractivity contribution is 5.75. The van der Waals surface area contributed by atoms with Crippen molar-refractivity contribution in [2.75, 3.05) is 7.05 Å². The number of carbonyl (C=O) groups excluding carboxylic acids is 1. The first-order valence-corrected chi connectivity index (χ1v) is 2.65. The van der Waals surface area contributed by atoms with Gasteiger partial charge in [-0.05, 0) is 6.08 Å². The van der Waals surface area contributed by atoms with E-state index in [1.165, 1.54) is 11.8 Å². The number of allylic oxidation sites excluding steroid dienone is 1. The molecule has 0 rings (SSSR count). The Bertz CT molecular complexity index is 149. The molecule has 0 bridgehead atoms. The van der Waals surface area contributed by atoms with Gasteiger partial charge in [0.1, 0.15) is 0 Å². The average Bonchev–Trinajstić information content (AvgIpc) is 1.84. The van der Waals surface area contributed by atoms with Gasteiger partial charge in [-0.3, -0.25) is 4.79 Å². The monoisotopic (exact) mass is 125 g/mol. The third-order valence-corrected chi connectivity index (χ3v) is 1.14. The quantitative estimate of drug-likeness (QED) is 0.507. The Labute approximate surface area is 55.5 Å². The van der Waals surface area contributed by atoms with E-state index >= 15 is 0 Å². The zero-order valence-corrected chi connectivity index (χ0v) is 5.85. The summed E-state index contributed by atoms with van der Waals surface area (Å²) in [5, 5.41) is 0. The molecule has 0 radical (unpaired) electrons. The summed E-state index contributed by atoms with van der Waals surface area (Å²) in [7, 11) is 1.66. The predicted molar refractivity (Wildman–Crippen MR) is 37.8 cm³/mol. The second kappa shape index (κ2) is 3.07. The van der Waals surface area contributed by atoms with Crippen LogP contribution < -0.4 is 0 Å². The Balaban J connectivity index is 4.03. The third-order valence-electron chi connectivity index (χ3n) is 1.14. The van der Waals surface area contributed by atoms with E-state index in [1.807, 2.05) is 0 Å². The van der Waals surface area contributed by atoms with Crippen LogP contribution >= 0.6 is 0 Å². The first kappa shape index (κ1) is 7.95. The molecule has 0 heterocycles. The number of hydrogen-bond acceptors (Lipinski definition) is 1. The van der Waals surface area contributed by atoms with Crippen molar-refractivity contribution >= 4 is 5.91 Å². The smallest absolute Gasteiger partial charge is 0.223 e. The van der Waals surface area contributed by atoms with Crippen LogP contribution in [0.15, 0.2) is 24.9 Å². The molecule has 0 spiro atoms. The SMILES string of the molecule is C=CC(=C)N(C)C(C)=O. The second-order valence-electron chi connectivity index (χ2n) is 1.77. The van der Waals surface area contributed by atoms with E-state index in [2.05, 4.69) is 13.2 Å². The molecule has 1 amide bonds. The summed E-state index contributed by atoms with van der Waals surface area (Å²) in [5.74, 6) is -0.0279. The molecule has 2 heteroatoms. The Morgan fingerprint density at radius 2 is 2.11 bits per heavy atom. The van der Waals surface area contributed by atoms with Gasteiger partial charge < -0.3 is 4.90 Å². The number of likely N-dealkylation sites (N-methyl/N-ethyl adjacent to an activating group) is 1. The lowest BCUT2D eigenvalue weighted by Crippen LogP contribution is -2.21. The Morgan fingerprint density at radius 1 is 1.67 bits per heavy atom. The fraction of sp³-hybridized carbons (Fsp3) is 0.286. The van der Waals surface area contributed by atoms with Gasteiger partial charge in [-0.2, -0.15) is 0 Å². The van der Waals surface area contributed by atoms with Crippen LogP contribution in [0.1, 0.15) is 6.92 Å². The lowest BCUT2D eigenvalue weighted by atomic mass is 10.4. The highest BCUT2D eigenvalue weighted by Crippen LogP contribution is 1.97. The van der Waals surface area contributed by atoms with Gasteiger partial charge in [-0.25, -0.2) is 0 Å². The molecule has 0 saturated carbocycles. The Kier molecular flexibility index (Phi) is 2.71. The summed E-state index contributed by atoms with van der Waals surface area (Å²) < 4.78 is 0. The van der Waals surface area contributed by atoms with E-state index in [1.54, 1.807) is 13.1 Å². The van der Waals surface area contributed by atoms with Crippen LogP contribution in [-0.4, -0.2) is 17.9 Å². The normalized spacial score (nSPS) is 8.22. The molecule has 0 fully saturated rings. The molecule has 0 aromatic rings. The summed E-state index contributed by atoms with van der Waals surface area (Å²) in [4.78, 5) is 12.0. The van der Waals surface area contributed by atoms with E-state index in [-0.39, 0.29) is 5.91 Å². The molecule has 0 aliphatic rings. The molecule has 0 N–H and O–H groups in total. The van der Waals surface area contributed by atoms with Crippen molar-refractivity contribution in [3.05, 3.63) is 24.9 Å². The van der Waals surface area contributed by atoms with Gasteiger partial charge in [0.2, 0.25) is 5.91 Å². The number of hydrogen-bond donors (Lipinski definition) is 0. The summed E-state index contributed by atoms with van der Waals surface area (Å²) in [6, 6.07) is 0. The molecule has 0 atom stereocenters. The lowest BCUT2D eigenvalue weighted by Gasteiger charge is -2.13. The van der Waals surface area contributed by atoms with Crippen molar-refractivity contribution in [1.82, 2.24) is 4.90 Å². The topological polar surface area (TPSA) is 20.3 Å². The first-order chi connectivity index (χ1) is 4.09. The molecule has 50 valence electrons. The fourth-order valence-electron chi connectivity index (χ4n) is 0.339. The Morgan fingerprint density at radius 3 is 2.22 bits per heavy atom. The van der Waals surface area contributed by atoms with Crippen molar-refractivity contribution in [3.63, 3.8) is 0 Å². The molecule has 0 aliphatic carbocycles. The van der Waals surface area contributed by atoms with E-state index in [9.17, 15) is 4.79 Å². The van der Waals surface area contributed by atoms with Gasteiger partial charge in [0, 0.05) is 19.7 Å². The highest BCUT2D eigenvalue weighted by atomic mass is 16.2. The highest BCUT2D eigenvalue weighted by Gasteiger charge is 2.00. The van der Waals surface area contributed by atoms with Gasteiger partial charge in [-0.15, -0.1) is 0 Å². The van der Waals surface area contributed by atoms with Crippen molar-refractivity contribution < 1.29 is 4.79 Å². The largest absolute Gasteiger partial charge is 0.316 e.